The van der Waals surface area contributed by atoms with Gasteiger partial charge in [-0.15, -0.1) is 0 Å². The van der Waals surface area contributed by atoms with E-state index >= 15 is 0 Å². The minimum absolute atomic E-state index is 0. The summed E-state index contributed by atoms with van der Waals surface area (Å²) in [7, 11) is -4.92. The second kappa shape index (κ2) is 10.0. The summed E-state index contributed by atoms with van der Waals surface area (Å²) < 4.78 is 11.5. The van der Waals surface area contributed by atoms with Gasteiger partial charge in [0.15, 0.2) is 5.78 Å². The second-order valence-corrected chi connectivity index (χ2v) is 6.49. The largest absolute Gasteiger partial charge is 1.00 e. The van der Waals surface area contributed by atoms with Gasteiger partial charge in [-0.3, -0.25) is 4.79 Å². The number of hydrogen-bond acceptors (Lipinski definition) is 4. The Hall–Kier alpha value is 1.53. The van der Waals surface area contributed by atoms with Gasteiger partial charge >= 0.3 is 103 Å². The molecule has 2 aromatic carbocycles. The van der Waals surface area contributed by atoms with E-state index in [2.05, 4.69) is 0 Å². The smallest absolute Gasteiger partial charge is 0.807 e. The van der Waals surface area contributed by atoms with Crippen LogP contribution in [0.2, 0.25) is 0 Å². The van der Waals surface area contributed by atoms with E-state index in [-0.39, 0.29) is 125 Å². The average Bonchev–Trinajstić information content (AvgIpc) is 2.37. The van der Waals surface area contributed by atoms with Crippen molar-refractivity contribution in [2.45, 2.75) is 20.8 Å². The third-order valence-electron chi connectivity index (χ3n) is 3.47. The quantitative estimate of drug-likeness (QED) is 0.305. The molecule has 0 amide bonds. The van der Waals surface area contributed by atoms with Crippen LogP contribution in [0.15, 0.2) is 36.4 Å². The van der Waals surface area contributed by atoms with Crippen LogP contribution in [0, 0.1) is 20.8 Å². The van der Waals surface area contributed by atoms with Crippen LogP contribution in [0.4, 0.5) is 0 Å². The van der Waals surface area contributed by atoms with Crippen molar-refractivity contribution in [3.05, 3.63) is 64.2 Å². The van der Waals surface area contributed by atoms with Crippen molar-refractivity contribution in [3.8, 4) is 0 Å². The summed E-state index contributed by atoms with van der Waals surface area (Å²) in [6, 6.07) is 10.2. The third-order valence-corrected chi connectivity index (χ3v) is 4.70. The molecule has 0 fully saturated rings. The Bertz CT molecular complexity index is 754. The van der Waals surface area contributed by atoms with Gasteiger partial charge in [0.05, 0.1) is 0 Å². The molecule has 110 valence electrons. The van der Waals surface area contributed by atoms with Crippen LogP contribution in [0.1, 0.15) is 32.6 Å². The van der Waals surface area contributed by atoms with Gasteiger partial charge in [0, 0.05) is 11.1 Å². The van der Waals surface area contributed by atoms with E-state index in [9.17, 15) is 19.1 Å². The van der Waals surface area contributed by atoms with Gasteiger partial charge in [-0.25, -0.2) is 0 Å². The first-order valence-corrected chi connectivity index (χ1v) is 8.01. The average molecular weight is 380 g/mol. The summed E-state index contributed by atoms with van der Waals surface area (Å²) in [5.41, 5.74) is 2.02. The molecule has 0 atom stereocenters. The number of aryl methyl sites for hydroxylation is 2. The molecule has 23 heavy (non-hydrogen) atoms. The summed E-state index contributed by atoms with van der Waals surface area (Å²) >= 11 is 0. The molecular weight excluding hydrogens is 365 g/mol. The number of carbonyl (C=O) groups excluding carboxylic acids is 1. The van der Waals surface area contributed by atoms with Crippen LogP contribution in [0.5, 0.6) is 0 Å². The van der Waals surface area contributed by atoms with Crippen LogP contribution in [0.25, 0.3) is 0 Å². The van der Waals surface area contributed by atoms with E-state index in [4.69, 9.17) is 0 Å². The Morgan fingerprint density at radius 1 is 0.957 bits per heavy atom. The van der Waals surface area contributed by atoms with Crippen LogP contribution in [0.3, 0.4) is 0 Å². The maximum Gasteiger partial charge on any atom is 1.00 e. The molecular formula is C16H15K2O4P. The summed E-state index contributed by atoms with van der Waals surface area (Å²) in [6.45, 7) is 4.81. The Morgan fingerprint density at radius 2 is 1.48 bits per heavy atom. The van der Waals surface area contributed by atoms with Crippen LogP contribution in [-0.2, 0) is 4.57 Å². The maximum absolute atomic E-state index is 12.6. The third kappa shape index (κ3) is 5.76. The van der Waals surface area contributed by atoms with Crippen molar-refractivity contribution in [2.24, 2.45) is 0 Å². The van der Waals surface area contributed by atoms with Crippen LogP contribution < -0.4 is 118 Å². The van der Waals surface area contributed by atoms with E-state index in [1.54, 1.807) is 50.2 Å². The van der Waals surface area contributed by atoms with Gasteiger partial charge in [-0.05, 0) is 50.4 Å². The van der Waals surface area contributed by atoms with Gasteiger partial charge in [0.25, 0.3) is 0 Å². The molecule has 0 aliphatic heterocycles. The Balaban J connectivity index is 0.00000242. The molecule has 0 aliphatic carbocycles. The van der Waals surface area contributed by atoms with Crippen molar-refractivity contribution in [1.82, 2.24) is 0 Å². The number of ketones is 1. The molecule has 4 nitrogen and oxygen atoms in total. The fourth-order valence-electron chi connectivity index (χ4n) is 2.68. The predicted molar refractivity (Wildman–Crippen MR) is 77.8 cm³/mol. The van der Waals surface area contributed by atoms with Crippen molar-refractivity contribution in [3.63, 3.8) is 0 Å². The molecule has 0 aromatic heterocycles. The van der Waals surface area contributed by atoms with Gasteiger partial charge < -0.3 is 14.4 Å². The van der Waals surface area contributed by atoms with E-state index in [1.807, 2.05) is 0 Å². The second-order valence-electron chi connectivity index (χ2n) is 5.05. The van der Waals surface area contributed by atoms with E-state index in [0.29, 0.717) is 16.7 Å². The fourth-order valence-corrected chi connectivity index (χ4v) is 3.70. The zero-order chi connectivity index (χ0) is 15.8. The first-order chi connectivity index (χ1) is 9.73. The number of hydrogen-bond donors (Lipinski definition) is 0. The minimum atomic E-state index is -4.92. The summed E-state index contributed by atoms with van der Waals surface area (Å²) in [5, 5.41) is -0.271. The van der Waals surface area contributed by atoms with E-state index in [0.717, 1.165) is 0 Å². The Morgan fingerprint density at radius 3 is 1.96 bits per heavy atom. The topological polar surface area (TPSA) is 80.3 Å². The molecule has 2 aromatic rings. The molecule has 0 radical (unpaired) electrons. The normalized spacial score (nSPS) is 10.5. The van der Waals surface area contributed by atoms with Crippen molar-refractivity contribution in [1.29, 1.82) is 0 Å². The first kappa shape index (κ1) is 24.5. The molecule has 7 heteroatoms. The number of benzene rings is 2. The van der Waals surface area contributed by atoms with Gasteiger partial charge in [0.1, 0.15) is 0 Å². The van der Waals surface area contributed by atoms with Gasteiger partial charge in [0.2, 0.25) is 0 Å². The predicted octanol–water partition coefficient (Wildman–Crippen LogP) is -4.61. The molecule has 0 heterocycles. The van der Waals surface area contributed by atoms with Crippen molar-refractivity contribution < 1.29 is 122 Å². The van der Waals surface area contributed by atoms with Gasteiger partial charge in [-0.2, -0.15) is 0 Å². The van der Waals surface area contributed by atoms with Crippen LogP contribution in [-0.4, -0.2) is 5.78 Å². The van der Waals surface area contributed by atoms with E-state index < -0.39 is 7.60 Å². The number of rotatable bonds is 3. The van der Waals surface area contributed by atoms with Crippen molar-refractivity contribution >= 4 is 18.7 Å². The summed E-state index contributed by atoms with van der Waals surface area (Å²) in [4.78, 5) is 35.5. The molecule has 0 N–H and O–H groups in total. The molecule has 2 rings (SSSR count). The molecule has 0 spiro atoms. The zero-order valence-corrected chi connectivity index (χ0v) is 21.2. The van der Waals surface area contributed by atoms with Crippen molar-refractivity contribution in [2.75, 3.05) is 0 Å². The first-order valence-electron chi connectivity index (χ1n) is 6.46. The Labute approximate surface area is 221 Å². The monoisotopic (exact) mass is 380 g/mol. The number of carbonyl (C=O) groups is 1. The molecule has 0 aliphatic rings. The zero-order valence-electron chi connectivity index (χ0n) is 14.0. The maximum atomic E-state index is 12.6. The van der Waals surface area contributed by atoms with Gasteiger partial charge in [-0.1, -0.05) is 36.4 Å². The molecule has 0 bridgehead atoms. The summed E-state index contributed by atoms with van der Waals surface area (Å²) in [6.07, 6.45) is 0. The fraction of sp³-hybridized carbons (Fsp3) is 0.188. The SMILES string of the molecule is Cc1cc(C)c(P(=O)([O-])[O-])c(C)c1C(=O)c1ccccc1.[K+].[K+]. The minimum Gasteiger partial charge on any atom is -0.807 e. The Kier molecular flexibility index (Phi) is 10.7. The van der Waals surface area contributed by atoms with Crippen LogP contribution >= 0.6 is 7.60 Å². The molecule has 0 saturated carbocycles. The van der Waals surface area contributed by atoms with E-state index in [1.165, 1.54) is 6.92 Å². The molecule has 0 unspecified atom stereocenters. The standard InChI is InChI=1S/C16H17O4P.2K/c1-10-9-11(2)16(21(18,19)20)12(3)14(10)15(17)13-7-5-4-6-8-13;;/h4-9H,1-3H3,(H2,18,19,20);;/q;2*+1/p-2. The summed E-state index contributed by atoms with van der Waals surface area (Å²) in [5.74, 6) is -0.277. The molecule has 0 saturated heterocycles.